The smallest absolute Gasteiger partial charge is 0.294 e. The van der Waals surface area contributed by atoms with Crippen molar-refractivity contribution in [1.29, 1.82) is 0 Å². The second-order valence-corrected chi connectivity index (χ2v) is 8.66. The molecule has 0 saturated carbocycles. The van der Waals surface area contributed by atoms with Gasteiger partial charge in [0.1, 0.15) is 24.7 Å². The number of carbonyl (C=O) groups excluding carboxylic acids is 3. The molecule has 0 aromatic heterocycles. The maximum absolute atomic E-state index is 13.0. The van der Waals surface area contributed by atoms with Crippen molar-refractivity contribution >= 4 is 40.6 Å². The van der Waals surface area contributed by atoms with E-state index in [1.54, 1.807) is 54.6 Å². The van der Waals surface area contributed by atoms with Crippen LogP contribution in [0.15, 0.2) is 77.7 Å². The van der Waals surface area contributed by atoms with Crippen molar-refractivity contribution in [3.05, 3.63) is 100 Å². The Hall–Kier alpha value is -3.91. The average molecular weight is 477 g/mol. The molecular weight excluding hydrogens is 455 g/mol. The number of aryl methyl sites for hydroxylation is 1. The van der Waals surface area contributed by atoms with E-state index in [1.165, 1.54) is 12.1 Å². The molecule has 6 nitrogen and oxygen atoms in total. The van der Waals surface area contributed by atoms with Gasteiger partial charge < -0.3 is 10.1 Å². The van der Waals surface area contributed by atoms with E-state index in [0.717, 1.165) is 27.8 Å². The van der Waals surface area contributed by atoms with E-state index < -0.39 is 17.1 Å². The summed E-state index contributed by atoms with van der Waals surface area (Å²) in [5.74, 6) is -0.725. The Labute approximate surface area is 200 Å². The van der Waals surface area contributed by atoms with Gasteiger partial charge in [-0.3, -0.25) is 19.3 Å². The van der Waals surface area contributed by atoms with Crippen molar-refractivity contribution in [1.82, 2.24) is 4.90 Å². The van der Waals surface area contributed by atoms with Crippen LogP contribution in [-0.4, -0.2) is 28.5 Å². The van der Waals surface area contributed by atoms with Crippen LogP contribution in [0.4, 0.5) is 14.9 Å². The number of amides is 3. The average Bonchev–Trinajstić information content (AvgIpc) is 3.08. The molecule has 4 rings (SSSR count). The van der Waals surface area contributed by atoms with Crippen molar-refractivity contribution < 1.29 is 23.5 Å². The van der Waals surface area contributed by atoms with E-state index in [0.29, 0.717) is 17.0 Å². The molecule has 0 unspecified atom stereocenters. The van der Waals surface area contributed by atoms with Crippen LogP contribution in [0.1, 0.15) is 16.7 Å². The Morgan fingerprint density at radius 2 is 1.79 bits per heavy atom. The summed E-state index contributed by atoms with van der Waals surface area (Å²) in [4.78, 5) is 38.6. The third-order valence-corrected chi connectivity index (χ3v) is 5.89. The number of benzene rings is 3. The first kappa shape index (κ1) is 23.3. The molecule has 0 spiro atoms. The molecule has 8 heteroatoms. The lowest BCUT2D eigenvalue weighted by molar-refractivity contribution is -0.127. The van der Waals surface area contributed by atoms with Gasteiger partial charge in [-0.1, -0.05) is 42.0 Å². The maximum Gasteiger partial charge on any atom is 0.294 e. The van der Waals surface area contributed by atoms with Crippen molar-refractivity contribution in [2.45, 2.75) is 13.5 Å². The predicted molar refractivity (Wildman–Crippen MR) is 130 cm³/mol. The van der Waals surface area contributed by atoms with Crippen LogP contribution in [0, 0.1) is 12.7 Å². The zero-order chi connectivity index (χ0) is 24.1. The monoisotopic (exact) mass is 476 g/mol. The van der Waals surface area contributed by atoms with Crippen molar-refractivity contribution in [3.63, 3.8) is 0 Å². The minimum atomic E-state index is -0.522. The largest absolute Gasteiger partial charge is 0.489 e. The number of hydrogen-bond donors (Lipinski definition) is 1. The van der Waals surface area contributed by atoms with Crippen LogP contribution in [-0.2, 0) is 16.2 Å². The van der Waals surface area contributed by atoms with Crippen LogP contribution >= 0.6 is 11.8 Å². The van der Waals surface area contributed by atoms with Crippen LogP contribution in [0.25, 0.3) is 6.08 Å². The Morgan fingerprint density at radius 1 is 1.06 bits per heavy atom. The topological polar surface area (TPSA) is 75.7 Å². The molecule has 1 aliphatic heterocycles. The first-order valence-corrected chi connectivity index (χ1v) is 11.3. The molecule has 0 atom stereocenters. The van der Waals surface area contributed by atoms with Gasteiger partial charge in [-0.05, 0) is 72.3 Å². The Balaban J connectivity index is 1.39. The quantitative estimate of drug-likeness (QED) is 0.463. The van der Waals surface area contributed by atoms with Gasteiger partial charge in [-0.15, -0.1) is 0 Å². The SMILES string of the molecule is Cc1ccc(NC(=O)CN2C(=O)S/C(=C/c3cccc(OCc4ccc(F)cc4)c3)C2=O)cc1. The number of imide groups is 1. The molecule has 1 saturated heterocycles. The third kappa shape index (κ3) is 5.90. The molecule has 0 bridgehead atoms. The van der Waals surface area contributed by atoms with Gasteiger partial charge in [-0.2, -0.15) is 0 Å². The summed E-state index contributed by atoms with van der Waals surface area (Å²) in [5.41, 5.74) is 3.14. The Morgan fingerprint density at radius 3 is 2.53 bits per heavy atom. The van der Waals surface area contributed by atoms with E-state index in [1.807, 2.05) is 19.1 Å². The van der Waals surface area contributed by atoms with E-state index in [-0.39, 0.29) is 23.9 Å². The van der Waals surface area contributed by atoms with Crippen molar-refractivity contribution in [2.24, 2.45) is 0 Å². The number of nitrogens with one attached hydrogen (secondary N) is 1. The van der Waals surface area contributed by atoms with E-state index in [4.69, 9.17) is 4.74 Å². The highest BCUT2D eigenvalue weighted by Crippen LogP contribution is 2.32. The number of ether oxygens (including phenoxy) is 1. The lowest BCUT2D eigenvalue weighted by Crippen LogP contribution is -2.36. The normalized spacial score (nSPS) is 14.5. The van der Waals surface area contributed by atoms with Gasteiger partial charge in [0, 0.05) is 5.69 Å². The fourth-order valence-corrected chi connectivity index (χ4v) is 4.05. The highest BCUT2D eigenvalue weighted by atomic mass is 32.2. The zero-order valence-electron chi connectivity index (χ0n) is 18.3. The number of carbonyl (C=O) groups is 3. The first-order valence-electron chi connectivity index (χ1n) is 10.5. The number of hydrogen-bond acceptors (Lipinski definition) is 5. The van der Waals surface area contributed by atoms with Crippen LogP contribution in [0.2, 0.25) is 0 Å². The first-order chi connectivity index (χ1) is 16.4. The van der Waals surface area contributed by atoms with Gasteiger partial charge in [0.2, 0.25) is 5.91 Å². The highest BCUT2D eigenvalue weighted by molar-refractivity contribution is 8.18. The van der Waals surface area contributed by atoms with Crippen LogP contribution in [0.3, 0.4) is 0 Å². The molecule has 0 aliphatic carbocycles. The van der Waals surface area contributed by atoms with Crippen molar-refractivity contribution in [2.75, 3.05) is 11.9 Å². The summed E-state index contributed by atoms with van der Waals surface area (Å²) >= 11 is 0.787. The summed E-state index contributed by atoms with van der Waals surface area (Å²) in [6.07, 6.45) is 1.59. The molecule has 1 N–H and O–H groups in total. The summed E-state index contributed by atoms with van der Waals surface area (Å²) in [5, 5.41) is 2.19. The molecule has 172 valence electrons. The standard InChI is InChI=1S/C26H21FN2O4S/c1-17-5-11-21(12-6-17)28-24(30)15-29-25(31)23(34-26(29)32)14-19-3-2-4-22(13-19)33-16-18-7-9-20(27)10-8-18/h2-14H,15-16H2,1H3,(H,28,30)/b23-14+. The Bertz CT molecular complexity index is 1260. The molecule has 1 fully saturated rings. The second kappa shape index (κ2) is 10.4. The summed E-state index contributed by atoms with van der Waals surface area (Å²) < 4.78 is 18.8. The van der Waals surface area contributed by atoms with Gasteiger partial charge >= 0.3 is 0 Å². The summed E-state index contributed by atoms with van der Waals surface area (Å²) in [6, 6.07) is 20.3. The molecule has 3 amide bonds. The zero-order valence-corrected chi connectivity index (χ0v) is 19.1. The van der Waals surface area contributed by atoms with Crippen LogP contribution < -0.4 is 10.1 Å². The second-order valence-electron chi connectivity index (χ2n) is 7.67. The molecule has 0 radical (unpaired) electrons. The van der Waals surface area contributed by atoms with E-state index in [2.05, 4.69) is 5.32 Å². The van der Waals surface area contributed by atoms with E-state index >= 15 is 0 Å². The maximum atomic E-state index is 13.0. The third-order valence-electron chi connectivity index (χ3n) is 4.99. The number of thioether (sulfide) groups is 1. The summed E-state index contributed by atoms with van der Waals surface area (Å²) in [7, 11) is 0. The molecule has 34 heavy (non-hydrogen) atoms. The summed E-state index contributed by atoms with van der Waals surface area (Å²) in [6.45, 7) is 1.83. The minimum absolute atomic E-state index is 0.226. The number of halogens is 1. The minimum Gasteiger partial charge on any atom is -0.489 e. The number of anilines is 1. The Kier molecular flexibility index (Phi) is 7.08. The lowest BCUT2D eigenvalue weighted by atomic mass is 10.2. The fraction of sp³-hybridized carbons (Fsp3) is 0.115. The van der Waals surface area contributed by atoms with Crippen molar-refractivity contribution in [3.8, 4) is 5.75 Å². The van der Waals surface area contributed by atoms with Crippen LogP contribution in [0.5, 0.6) is 5.75 Å². The van der Waals surface area contributed by atoms with E-state index in [9.17, 15) is 18.8 Å². The lowest BCUT2D eigenvalue weighted by Gasteiger charge is -2.12. The van der Waals surface area contributed by atoms with Gasteiger partial charge in [0.15, 0.2) is 0 Å². The van der Waals surface area contributed by atoms with Gasteiger partial charge in [0.25, 0.3) is 11.1 Å². The fourth-order valence-electron chi connectivity index (χ4n) is 3.21. The predicted octanol–water partition coefficient (Wildman–Crippen LogP) is 5.39. The van der Waals surface area contributed by atoms with Gasteiger partial charge in [-0.25, -0.2) is 4.39 Å². The number of nitrogens with zero attached hydrogens (tertiary/aromatic N) is 1. The van der Waals surface area contributed by atoms with Gasteiger partial charge in [0.05, 0.1) is 4.91 Å². The molecule has 3 aromatic carbocycles. The molecular formula is C26H21FN2O4S. The molecule has 1 heterocycles. The molecule has 3 aromatic rings. The number of rotatable bonds is 7. The highest BCUT2D eigenvalue weighted by Gasteiger charge is 2.36. The molecule has 1 aliphatic rings.